The fourth-order valence-corrected chi connectivity index (χ4v) is 2.12. The molecule has 0 bridgehead atoms. The van der Waals surface area contributed by atoms with Gasteiger partial charge in [-0.1, -0.05) is 23.8 Å². The molecule has 16 heavy (non-hydrogen) atoms. The lowest BCUT2D eigenvalue weighted by Crippen LogP contribution is -1.99. The Morgan fingerprint density at radius 2 is 1.94 bits per heavy atom. The molecule has 0 atom stereocenters. The molecule has 1 aromatic rings. The standard InChI is InChI=1S/C13H16O2S/c1-10(2)7-8-16-12-5-3-11(4-6-12)9-13(14)15/h3-7H,8-9H2,1-2H3,(H,14,15). The zero-order valence-electron chi connectivity index (χ0n) is 9.56. The molecule has 0 saturated heterocycles. The molecule has 0 heterocycles. The molecule has 0 amide bonds. The van der Waals surface area contributed by atoms with Crippen LogP contribution in [0.3, 0.4) is 0 Å². The molecule has 0 spiro atoms. The molecule has 0 aliphatic rings. The molecule has 3 heteroatoms. The van der Waals surface area contributed by atoms with Crippen molar-refractivity contribution >= 4 is 17.7 Å². The molecule has 0 unspecified atom stereocenters. The van der Waals surface area contributed by atoms with Crippen LogP contribution in [-0.2, 0) is 11.2 Å². The number of benzene rings is 1. The summed E-state index contributed by atoms with van der Waals surface area (Å²) in [4.78, 5) is 11.7. The maximum absolute atomic E-state index is 10.5. The van der Waals surface area contributed by atoms with E-state index < -0.39 is 5.97 Å². The van der Waals surface area contributed by atoms with Gasteiger partial charge in [-0.2, -0.15) is 0 Å². The van der Waals surface area contributed by atoms with Gasteiger partial charge in [0.2, 0.25) is 0 Å². The third-order valence-electron chi connectivity index (χ3n) is 2.02. The van der Waals surface area contributed by atoms with E-state index in [9.17, 15) is 4.79 Å². The van der Waals surface area contributed by atoms with Crippen LogP contribution in [0.15, 0.2) is 40.8 Å². The highest BCUT2D eigenvalue weighted by molar-refractivity contribution is 7.99. The second-order valence-electron chi connectivity index (χ2n) is 3.81. The zero-order chi connectivity index (χ0) is 12.0. The second-order valence-corrected chi connectivity index (χ2v) is 4.90. The van der Waals surface area contributed by atoms with Crippen LogP contribution in [0.5, 0.6) is 0 Å². The summed E-state index contributed by atoms with van der Waals surface area (Å²) in [6, 6.07) is 7.70. The molecule has 1 aromatic carbocycles. The lowest BCUT2D eigenvalue weighted by Gasteiger charge is -2.01. The van der Waals surface area contributed by atoms with Crippen LogP contribution in [0.1, 0.15) is 19.4 Å². The normalized spacial score (nSPS) is 9.88. The molecule has 0 radical (unpaired) electrons. The molecule has 0 aromatic heterocycles. The predicted molar refractivity (Wildman–Crippen MR) is 67.9 cm³/mol. The van der Waals surface area contributed by atoms with Gasteiger partial charge in [0.05, 0.1) is 6.42 Å². The molecule has 1 rings (SSSR count). The highest BCUT2D eigenvalue weighted by Crippen LogP contribution is 2.19. The first-order valence-corrected chi connectivity index (χ1v) is 6.13. The van der Waals surface area contributed by atoms with Crippen molar-refractivity contribution in [1.82, 2.24) is 0 Å². The van der Waals surface area contributed by atoms with Crippen LogP contribution < -0.4 is 0 Å². The largest absolute Gasteiger partial charge is 0.481 e. The summed E-state index contributed by atoms with van der Waals surface area (Å²) in [5, 5.41) is 8.63. The van der Waals surface area contributed by atoms with E-state index >= 15 is 0 Å². The van der Waals surface area contributed by atoms with Gasteiger partial charge in [0.25, 0.3) is 0 Å². The Morgan fingerprint density at radius 1 is 1.31 bits per heavy atom. The summed E-state index contributed by atoms with van der Waals surface area (Å²) in [5.74, 6) is 0.172. The Balaban J connectivity index is 2.51. The lowest BCUT2D eigenvalue weighted by molar-refractivity contribution is -0.136. The van der Waals surface area contributed by atoms with Gasteiger partial charge >= 0.3 is 5.97 Å². The summed E-state index contributed by atoms with van der Waals surface area (Å²) in [5.41, 5.74) is 2.16. The molecular formula is C13H16O2S. The Bertz CT molecular complexity index is 375. The van der Waals surface area contributed by atoms with E-state index in [1.54, 1.807) is 11.8 Å². The van der Waals surface area contributed by atoms with Crippen molar-refractivity contribution in [2.24, 2.45) is 0 Å². The fraction of sp³-hybridized carbons (Fsp3) is 0.308. The minimum atomic E-state index is -0.787. The van der Waals surface area contributed by atoms with Crippen LogP contribution in [0.4, 0.5) is 0 Å². The number of carboxylic acid groups (broad SMARTS) is 1. The van der Waals surface area contributed by atoms with Crippen molar-refractivity contribution in [3.63, 3.8) is 0 Å². The van der Waals surface area contributed by atoms with E-state index in [1.165, 1.54) is 10.5 Å². The highest BCUT2D eigenvalue weighted by Gasteiger charge is 2.00. The molecule has 0 aliphatic carbocycles. The highest BCUT2D eigenvalue weighted by atomic mass is 32.2. The monoisotopic (exact) mass is 236 g/mol. The van der Waals surface area contributed by atoms with E-state index in [0.29, 0.717) is 0 Å². The molecule has 0 fully saturated rings. The van der Waals surface area contributed by atoms with E-state index in [0.717, 1.165) is 11.3 Å². The Hall–Kier alpha value is -1.22. The van der Waals surface area contributed by atoms with Crippen molar-refractivity contribution in [3.05, 3.63) is 41.5 Å². The molecule has 0 saturated carbocycles. The number of aliphatic carboxylic acids is 1. The Morgan fingerprint density at radius 3 is 2.44 bits per heavy atom. The van der Waals surface area contributed by atoms with Crippen LogP contribution in [0.25, 0.3) is 0 Å². The van der Waals surface area contributed by atoms with Crippen LogP contribution in [0, 0.1) is 0 Å². The van der Waals surface area contributed by atoms with Crippen molar-refractivity contribution in [2.75, 3.05) is 5.75 Å². The smallest absolute Gasteiger partial charge is 0.307 e. The average molecular weight is 236 g/mol. The zero-order valence-corrected chi connectivity index (χ0v) is 10.4. The topological polar surface area (TPSA) is 37.3 Å². The second kappa shape index (κ2) is 6.38. The number of carbonyl (C=O) groups is 1. The average Bonchev–Trinajstić information content (AvgIpc) is 2.19. The molecular weight excluding hydrogens is 220 g/mol. The minimum Gasteiger partial charge on any atom is -0.481 e. The third-order valence-corrected chi connectivity index (χ3v) is 2.96. The third kappa shape index (κ3) is 5.03. The number of thioether (sulfide) groups is 1. The van der Waals surface area contributed by atoms with Gasteiger partial charge in [-0.05, 0) is 31.5 Å². The van der Waals surface area contributed by atoms with Crippen LogP contribution >= 0.6 is 11.8 Å². The lowest BCUT2D eigenvalue weighted by atomic mass is 10.2. The predicted octanol–water partition coefficient (Wildman–Crippen LogP) is 3.37. The molecule has 1 N–H and O–H groups in total. The summed E-state index contributed by atoms with van der Waals surface area (Å²) in [6.07, 6.45) is 2.27. The number of carboxylic acids is 1. The van der Waals surface area contributed by atoms with Gasteiger partial charge < -0.3 is 5.11 Å². The minimum absolute atomic E-state index is 0.0961. The van der Waals surface area contributed by atoms with Gasteiger partial charge in [-0.15, -0.1) is 11.8 Å². The number of hydrogen-bond donors (Lipinski definition) is 1. The first kappa shape index (κ1) is 12.8. The Kier molecular flexibility index (Phi) is 5.12. The number of hydrogen-bond acceptors (Lipinski definition) is 2. The summed E-state index contributed by atoms with van der Waals surface area (Å²) >= 11 is 1.75. The van der Waals surface area contributed by atoms with Crippen LogP contribution in [-0.4, -0.2) is 16.8 Å². The number of rotatable bonds is 5. The summed E-state index contributed by atoms with van der Waals surface area (Å²) < 4.78 is 0. The van der Waals surface area contributed by atoms with Crippen molar-refractivity contribution in [3.8, 4) is 0 Å². The first-order chi connectivity index (χ1) is 7.58. The fourth-order valence-electron chi connectivity index (χ4n) is 1.18. The maximum atomic E-state index is 10.5. The van der Waals surface area contributed by atoms with Gasteiger partial charge in [-0.25, -0.2) is 0 Å². The van der Waals surface area contributed by atoms with E-state index in [2.05, 4.69) is 19.9 Å². The summed E-state index contributed by atoms with van der Waals surface area (Å²) in [7, 11) is 0. The van der Waals surface area contributed by atoms with Crippen molar-refractivity contribution in [1.29, 1.82) is 0 Å². The van der Waals surface area contributed by atoms with Gasteiger partial charge in [-0.3, -0.25) is 4.79 Å². The SMILES string of the molecule is CC(C)=CCSc1ccc(CC(=O)O)cc1. The number of allylic oxidation sites excluding steroid dienone is 1. The van der Waals surface area contributed by atoms with Crippen molar-refractivity contribution < 1.29 is 9.90 Å². The molecule has 0 aliphatic heterocycles. The molecule has 2 nitrogen and oxygen atoms in total. The van der Waals surface area contributed by atoms with Gasteiger partial charge in [0, 0.05) is 10.6 Å². The van der Waals surface area contributed by atoms with Crippen molar-refractivity contribution in [2.45, 2.75) is 25.2 Å². The first-order valence-electron chi connectivity index (χ1n) is 5.15. The summed E-state index contributed by atoms with van der Waals surface area (Å²) in [6.45, 7) is 4.16. The quantitative estimate of drug-likeness (QED) is 0.629. The molecule has 86 valence electrons. The van der Waals surface area contributed by atoms with E-state index in [4.69, 9.17) is 5.11 Å². The van der Waals surface area contributed by atoms with Gasteiger partial charge in [0.1, 0.15) is 0 Å². The van der Waals surface area contributed by atoms with Gasteiger partial charge in [0.15, 0.2) is 0 Å². The van der Waals surface area contributed by atoms with E-state index in [-0.39, 0.29) is 6.42 Å². The van der Waals surface area contributed by atoms with E-state index in [1.807, 2.05) is 24.3 Å². The van der Waals surface area contributed by atoms with Crippen LogP contribution in [0.2, 0.25) is 0 Å². The Labute approximate surface area is 100 Å². The maximum Gasteiger partial charge on any atom is 0.307 e.